The fourth-order valence-corrected chi connectivity index (χ4v) is 3.99. The summed E-state index contributed by atoms with van der Waals surface area (Å²) in [6.45, 7) is 9.77. The zero-order valence-electron chi connectivity index (χ0n) is 15.3. The number of esters is 1. The van der Waals surface area contributed by atoms with Gasteiger partial charge in [0.2, 0.25) is 0 Å². The minimum atomic E-state index is -1.86. The van der Waals surface area contributed by atoms with Gasteiger partial charge in [0, 0.05) is 18.4 Å². The number of carbonyl (C=O) groups is 1. The molecule has 0 heterocycles. The molecule has 0 aromatic heterocycles. The van der Waals surface area contributed by atoms with E-state index >= 15 is 0 Å². The fraction of sp³-hybridized carbons (Fsp3) is 0.632. The first-order valence-electron chi connectivity index (χ1n) is 8.74. The van der Waals surface area contributed by atoms with E-state index in [0.29, 0.717) is 30.9 Å². The van der Waals surface area contributed by atoms with Crippen LogP contribution in [0.5, 0.6) is 0 Å². The SMILES string of the molecule is CC(C)CCOCC[PH](=O)C(COC(=O)c1ccccc1)C(C)C. The van der Waals surface area contributed by atoms with E-state index in [0.717, 1.165) is 6.42 Å². The first kappa shape index (κ1) is 20.9. The van der Waals surface area contributed by atoms with Crippen molar-refractivity contribution in [3.8, 4) is 0 Å². The third kappa shape index (κ3) is 8.12. The van der Waals surface area contributed by atoms with Crippen LogP contribution in [-0.2, 0) is 14.0 Å². The van der Waals surface area contributed by atoms with Crippen LogP contribution in [0.4, 0.5) is 0 Å². The van der Waals surface area contributed by atoms with Crippen molar-refractivity contribution < 1.29 is 18.8 Å². The van der Waals surface area contributed by atoms with Crippen LogP contribution in [0.2, 0.25) is 0 Å². The van der Waals surface area contributed by atoms with Crippen molar-refractivity contribution >= 4 is 13.8 Å². The molecule has 5 heteroatoms. The maximum atomic E-state index is 12.5. The molecule has 0 saturated carbocycles. The molecule has 2 atom stereocenters. The van der Waals surface area contributed by atoms with Crippen molar-refractivity contribution in [3.63, 3.8) is 0 Å². The highest BCUT2D eigenvalue weighted by Crippen LogP contribution is 2.33. The van der Waals surface area contributed by atoms with Crippen molar-refractivity contribution in [2.24, 2.45) is 11.8 Å². The smallest absolute Gasteiger partial charge is 0.338 e. The Morgan fingerprint density at radius 1 is 1.08 bits per heavy atom. The fourth-order valence-electron chi connectivity index (χ4n) is 2.26. The molecule has 136 valence electrons. The molecule has 0 spiro atoms. The Morgan fingerprint density at radius 3 is 2.33 bits per heavy atom. The number of rotatable bonds is 11. The average molecular weight is 354 g/mol. The molecule has 0 radical (unpaired) electrons. The summed E-state index contributed by atoms with van der Waals surface area (Å²) in [4.78, 5) is 12.0. The van der Waals surface area contributed by atoms with Gasteiger partial charge in [0.25, 0.3) is 0 Å². The van der Waals surface area contributed by atoms with Crippen LogP contribution in [0.3, 0.4) is 0 Å². The van der Waals surface area contributed by atoms with Gasteiger partial charge in [0.15, 0.2) is 0 Å². The lowest BCUT2D eigenvalue weighted by atomic mass is 10.1. The Labute approximate surface area is 146 Å². The molecule has 1 rings (SSSR count). The molecule has 4 nitrogen and oxygen atoms in total. The molecule has 0 N–H and O–H groups in total. The summed E-state index contributed by atoms with van der Waals surface area (Å²) in [5, 5.41) is 0. The van der Waals surface area contributed by atoms with Crippen LogP contribution < -0.4 is 0 Å². The van der Waals surface area contributed by atoms with Crippen molar-refractivity contribution in [1.29, 1.82) is 0 Å². The van der Waals surface area contributed by atoms with E-state index in [9.17, 15) is 9.36 Å². The minimum absolute atomic E-state index is 0.101. The largest absolute Gasteiger partial charge is 0.461 e. The van der Waals surface area contributed by atoms with Crippen molar-refractivity contribution in [3.05, 3.63) is 35.9 Å². The maximum Gasteiger partial charge on any atom is 0.338 e. The van der Waals surface area contributed by atoms with Gasteiger partial charge in [-0.3, -0.25) is 0 Å². The van der Waals surface area contributed by atoms with Gasteiger partial charge in [0.1, 0.15) is 6.61 Å². The van der Waals surface area contributed by atoms with E-state index in [1.165, 1.54) is 0 Å². The van der Waals surface area contributed by atoms with E-state index in [4.69, 9.17) is 9.47 Å². The summed E-state index contributed by atoms with van der Waals surface area (Å²) >= 11 is 0. The summed E-state index contributed by atoms with van der Waals surface area (Å²) in [6.07, 6.45) is 1.57. The quantitative estimate of drug-likeness (QED) is 0.334. The lowest BCUT2D eigenvalue weighted by molar-refractivity contribution is 0.0492. The summed E-state index contributed by atoms with van der Waals surface area (Å²) in [7, 11) is -1.86. The van der Waals surface area contributed by atoms with Gasteiger partial charge >= 0.3 is 5.97 Å². The summed E-state index contributed by atoms with van der Waals surface area (Å²) in [6, 6.07) is 8.89. The molecule has 1 aromatic carbocycles. The molecule has 0 aliphatic heterocycles. The van der Waals surface area contributed by atoms with Crippen molar-refractivity contribution in [1.82, 2.24) is 0 Å². The third-order valence-electron chi connectivity index (χ3n) is 3.95. The minimum Gasteiger partial charge on any atom is -0.461 e. The van der Waals surface area contributed by atoms with Crippen LogP contribution in [0, 0.1) is 11.8 Å². The lowest BCUT2D eigenvalue weighted by Crippen LogP contribution is -2.22. The number of hydrogen-bond acceptors (Lipinski definition) is 4. The maximum absolute atomic E-state index is 12.5. The van der Waals surface area contributed by atoms with Crippen molar-refractivity contribution in [2.75, 3.05) is 26.0 Å². The Hall–Kier alpha value is -1.12. The van der Waals surface area contributed by atoms with E-state index < -0.39 is 7.80 Å². The lowest BCUT2D eigenvalue weighted by Gasteiger charge is -2.20. The van der Waals surface area contributed by atoms with Crippen LogP contribution in [0.25, 0.3) is 0 Å². The van der Waals surface area contributed by atoms with Gasteiger partial charge in [-0.05, 0) is 30.4 Å². The highest BCUT2D eigenvalue weighted by molar-refractivity contribution is 7.45. The van der Waals surface area contributed by atoms with Gasteiger partial charge in [-0.15, -0.1) is 0 Å². The third-order valence-corrected chi connectivity index (χ3v) is 6.31. The molecular weight excluding hydrogens is 323 g/mol. The van der Waals surface area contributed by atoms with Gasteiger partial charge in [0.05, 0.1) is 20.0 Å². The molecule has 0 aliphatic rings. The van der Waals surface area contributed by atoms with E-state index in [1.807, 2.05) is 19.9 Å². The zero-order chi connectivity index (χ0) is 17.9. The van der Waals surface area contributed by atoms with Crippen LogP contribution >= 0.6 is 7.80 Å². The normalized spacial score (nSPS) is 13.9. The average Bonchev–Trinajstić information content (AvgIpc) is 2.54. The van der Waals surface area contributed by atoms with E-state index in [2.05, 4.69) is 13.8 Å². The van der Waals surface area contributed by atoms with Crippen LogP contribution in [0.15, 0.2) is 30.3 Å². The number of ether oxygens (including phenoxy) is 2. The highest BCUT2D eigenvalue weighted by atomic mass is 31.1. The molecule has 0 fully saturated rings. The zero-order valence-corrected chi connectivity index (χ0v) is 16.3. The second kappa shape index (κ2) is 11.4. The molecular formula is C19H31O4P. The Bertz CT molecular complexity index is 499. The van der Waals surface area contributed by atoms with Gasteiger partial charge < -0.3 is 14.0 Å². The summed E-state index contributed by atoms with van der Waals surface area (Å²) < 4.78 is 23.5. The van der Waals surface area contributed by atoms with Gasteiger partial charge in [-0.25, -0.2) is 4.79 Å². The Morgan fingerprint density at radius 2 is 1.75 bits per heavy atom. The van der Waals surface area contributed by atoms with Crippen LogP contribution in [-0.4, -0.2) is 37.6 Å². The van der Waals surface area contributed by atoms with E-state index in [1.54, 1.807) is 24.3 Å². The standard InChI is InChI=1S/C19H31O4P/c1-15(2)10-11-22-12-13-24(21)18(16(3)4)14-23-19(20)17-8-6-5-7-9-17/h5-9,15-16,18,24H,10-14H2,1-4H3. The second-order valence-corrected chi connectivity index (χ2v) is 9.00. The van der Waals surface area contributed by atoms with E-state index in [-0.39, 0.29) is 24.2 Å². The number of hydrogen-bond donors (Lipinski definition) is 0. The molecule has 24 heavy (non-hydrogen) atoms. The summed E-state index contributed by atoms with van der Waals surface area (Å²) in [5.74, 6) is 0.461. The van der Waals surface area contributed by atoms with Gasteiger partial charge in [-0.2, -0.15) is 0 Å². The highest BCUT2D eigenvalue weighted by Gasteiger charge is 2.22. The van der Waals surface area contributed by atoms with Gasteiger partial charge in [-0.1, -0.05) is 45.9 Å². The summed E-state index contributed by atoms with van der Waals surface area (Å²) in [5.41, 5.74) is 0.424. The molecule has 1 aromatic rings. The second-order valence-electron chi connectivity index (χ2n) is 6.83. The molecule has 0 amide bonds. The molecule has 0 saturated heterocycles. The first-order valence-corrected chi connectivity index (χ1v) is 10.4. The predicted molar refractivity (Wildman–Crippen MR) is 99.5 cm³/mol. The Balaban J connectivity index is 2.40. The molecule has 0 bridgehead atoms. The number of benzene rings is 1. The van der Waals surface area contributed by atoms with Crippen molar-refractivity contribution in [2.45, 2.75) is 39.8 Å². The predicted octanol–water partition coefficient (Wildman–Crippen LogP) is 4.49. The number of carbonyl (C=O) groups excluding carboxylic acids is 1. The Kier molecular flexibility index (Phi) is 9.97. The van der Waals surface area contributed by atoms with Crippen LogP contribution in [0.1, 0.15) is 44.5 Å². The molecule has 2 unspecified atom stereocenters. The molecule has 0 aliphatic carbocycles. The topological polar surface area (TPSA) is 52.6 Å². The first-order chi connectivity index (χ1) is 11.4. The monoisotopic (exact) mass is 354 g/mol.